The van der Waals surface area contributed by atoms with E-state index in [1.165, 1.54) is 18.2 Å². The molecule has 0 saturated heterocycles. The lowest BCUT2D eigenvalue weighted by Crippen LogP contribution is -2.16. The van der Waals surface area contributed by atoms with E-state index < -0.39 is 11.7 Å². The molecule has 1 heterocycles. The van der Waals surface area contributed by atoms with Gasteiger partial charge in [0.05, 0.1) is 16.9 Å². The van der Waals surface area contributed by atoms with Gasteiger partial charge in [-0.2, -0.15) is 4.68 Å². The predicted molar refractivity (Wildman–Crippen MR) is 90.6 cm³/mol. The molecule has 0 aliphatic heterocycles. The second-order valence-electron chi connectivity index (χ2n) is 4.96. The molecule has 0 aliphatic carbocycles. The highest BCUT2D eigenvalue weighted by Gasteiger charge is 2.16. The average Bonchev–Trinajstić information content (AvgIpc) is 3.06. The molecule has 1 N–H and O–H groups in total. The van der Waals surface area contributed by atoms with Gasteiger partial charge >= 0.3 is 0 Å². The van der Waals surface area contributed by atoms with Crippen LogP contribution in [-0.2, 0) is 6.42 Å². The van der Waals surface area contributed by atoms with Gasteiger partial charge in [-0.25, -0.2) is 4.39 Å². The number of nitrogens with one attached hydrogen (secondary N) is 1. The summed E-state index contributed by atoms with van der Waals surface area (Å²) in [6.07, 6.45) is 0.634. The number of tetrazole rings is 1. The molecule has 0 fully saturated rings. The fourth-order valence-electron chi connectivity index (χ4n) is 2.24. The average molecular weight is 390 g/mol. The second-order valence-corrected chi connectivity index (χ2v) is 5.87. The quantitative estimate of drug-likeness (QED) is 0.742. The van der Waals surface area contributed by atoms with Gasteiger partial charge in [0, 0.05) is 10.9 Å². The van der Waals surface area contributed by atoms with Gasteiger partial charge in [-0.15, -0.1) is 5.10 Å². The molecule has 0 unspecified atom stereocenters. The second kappa shape index (κ2) is 6.88. The summed E-state index contributed by atoms with van der Waals surface area (Å²) in [4.78, 5) is 12.4. The third kappa shape index (κ3) is 3.18. The van der Waals surface area contributed by atoms with Crippen molar-refractivity contribution < 1.29 is 9.18 Å². The van der Waals surface area contributed by atoms with Crippen molar-refractivity contribution in [2.75, 3.05) is 5.32 Å². The first kappa shape index (κ1) is 16.3. The molecule has 1 amide bonds. The molecule has 0 saturated carbocycles. The van der Waals surface area contributed by atoms with E-state index in [0.717, 1.165) is 0 Å². The zero-order valence-electron chi connectivity index (χ0n) is 12.7. The van der Waals surface area contributed by atoms with E-state index in [2.05, 4.69) is 36.8 Å². The lowest BCUT2D eigenvalue weighted by molar-refractivity contribution is 0.102. The van der Waals surface area contributed by atoms with Crippen LogP contribution < -0.4 is 5.32 Å². The number of hydrogen-bond acceptors (Lipinski definition) is 4. The maximum Gasteiger partial charge on any atom is 0.258 e. The topological polar surface area (TPSA) is 72.7 Å². The lowest BCUT2D eigenvalue weighted by Gasteiger charge is -2.12. The minimum Gasteiger partial charge on any atom is -0.320 e. The Labute approximate surface area is 145 Å². The molecule has 0 bridgehead atoms. The Bertz CT molecular complexity index is 896. The standard InChI is InChI=1S/C16H13BrFN5O/c1-2-15-20-21-22-23(15)14-6-4-3-5-13(14)19-16(24)11-9-10(17)7-8-12(11)18/h3-9H,2H2,1H3,(H,19,24). The number of anilines is 1. The summed E-state index contributed by atoms with van der Waals surface area (Å²) in [6, 6.07) is 11.3. The number of aromatic nitrogens is 4. The van der Waals surface area contributed by atoms with E-state index in [4.69, 9.17) is 0 Å². The Morgan fingerprint density at radius 3 is 2.88 bits per heavy atom. The highest BCUT2D eigenvalue weighted by Crippen LogP contribution is 2.22. The largest absolute Gasteiger partial charge is 0.320 e. The van der Waals surface area contributed by atoms with Crippen molar-refractivity contribution in [3.8, 4) is 5.69 Å². The van der Waals surface area contributed by atoms with Crippen LogP contribution in [0.3, 0.4) is 0 Å². The van der Waals surface area contributed by atoms with Crippen LogP contribution in [0.2, 0.25) is 0 Å². The minimum absolute atomic E-state index is 0.0494. The van der Waals surface area contributed by atoms with Crippen molar-refractivity contribution in [2.45, 2.75) is 13.3 Å². The molecule has 8 heteroatoms. The number of hydrogen-bond donors (Lipinski definition) is 1. The molecule has 0 spiro atoms. The minimum atomic E-state index is -0.593. The highest BCUT2D eigenvalue weighted by molar-refractivity contribution is 9.10. The van der Waals surface area contributed by atoms with Crippen LogP contribution in [0, 0.1) is 5.82 Å². The van der Waals surface area contributed by atoms with Gasteiger partial charge in [0.2, 0.25) is 0 Å². The molecular weight excluding hydrogens is 377 g/mol. The molecule has 1 aromatic heterocycles. The van der Waals surface area contributed by atoms with Crippen LogP contribution in [-0.4, -0.2) is 26.1 Å². The number of para-hydroxylation sites is 2. The third-order valence-electron chi connectivity index (χ3n) is 3.40. The Kier molecular flexibility index (Phi) is 4.66. The summed E-state index contributed by atoms with van der Waals surface area (Å²) in [5.74, 6) is -0.484. The van der Waals surface area contributed by atoms with E-state index >= 15 is 0 Å². The van der Waals surface area contributed by atoms with E-state index in [0.29, 0.717) is 28.1 Å². The first-order chi connectivity index (χ1) is 11.6. The van der Waals surface area contributed by atoms with Crippen molar-refractivity contribution in [3.05, 3.63) is 64.1 Å². The number of rotatable bonds is 4. The number of carbonyl (C=O) groups excluding carboxylic acids is 1. The Morgan fingerprint density at radius 1 is 1.29 bits per heavy atom. The molecule has 3 aromatic rings. The van der Waals surface area contributed by atoms with E-state index in [1.54, 1.807) is 22.9 Å². The summed E-state index contributed by atoms with van der Waals surface area (Å²) in [5.41, 5.74) is 1.05. The van der Waals surface area contributed by atoms with Crippen LogP contribution in [0.4, 0.5) is 10.1 Å². The van der Waals surface area contributed by atoms with Gasteiger partial charge in [-0.1, -0.05) is 35.0 Å². The zero-order valence-corrected chi connectivity index (χ0v) is 14.3. The maximum atomic E-state index is 13.9. The molecule has 0 aliphatic rings. The number of nitrogens with zero attached hydrogens (tertiary/aromatic N) is 4. The Morgan fingerprint density at radius 2 is 2.08 bits per heavy atom. The Hall–Kier alpha value is -2.61. The summed E-state index contributed by atoms with van der Waals surface area (Å²) < 4.78 is 16.1. The van der Waals surface area contributed by atoms with Crippen LogP contribution in [0.5, 0.6) is 0 Å². The van der Waals surface area contributed by atoms with Crippen LogP contribution >= 0.6 is 15.9 Å². The third-order valence-corrected chi connectivity index (χ3v) is 3.90. The smallest absolute Gasteiger partial charge is 0.258 e. The fourth-order valence-corrected chi connectivity index (χ4v) is 2.60. The molecular formula is C16H13BrFN5O. The van der Waals surface area contributed by atoms with Crippen molar-refractivity contribution in [1.82, 2.24) is 20.2 Å². The normalized spacial score (nSPS) is 10.6. The SMILES string of the molecule is CCc1nnnn1-c1ccccc1NC(=O)c1cc(Br)ccc1F. The van der Waals surface area contributed by atoms with E-state index in [1.807, 2.05) is 13.0 Å². The molecule has 0 radical (unpaired) electrons. The molecule has 24 heavy (non-hydrogen) atoms. The first-order valence-electron chi connectivity index (χ1n) is 7.23. The highest BCUT2D eigenvalue weighted by atomic mass is 79.9. The van der Waals surface area contributed by atoms with Crippen molar-refractivity contribution >= 4 is 27.5 Å². The van der Waals surface area contributed by atoms with Gasteiger partial charge in [0.1, 0.15) is 5.82 Å². The van der Waals surface area contributed by atoms with Crippen LogP contribution in [0.15, 0.2) is 46.9 Å². The predicted octanol–water partition coefficient (Wildman–Crippen LogP) is 3.38. The summed E-state index contributed by atoms with van der Waals surface area (Å²) in [7, 11) is 0. The fraction of sp³-hybridized carbons (Fsp3) is 0.125. The zero-order chi connectivity index (χ0) is 17.1. The number of halogens is 2. The van der Waals surface area contributed by atoms with E-state index in [-0.39, 0.29) is 5.56 Å². The molecule has 0 atom stereocenters. The van der Waals surface area contributed by atoms with Gasteiger partial charge in [-0.05, 0) is 40.8 Å². The van der Waals surface area contributed by atoms with Gasteiger partial charge in [0.25, 0.3) is 5.91 Å². The number of benzene rings is 2. The molecule has 3 rings (SSSR count). The van der Waals surface area contributed by atoms with Crippen molar-refractivity contribution in [1.29, 1.82) is 0 Å². The summed E-state index contributed by atoms with van der Waals surface area (Å²) in [5, 5.41) is 14.3. The monoisotopic (exact) mass is 389 g/mol. The molecule has 122 valence electrons. The summed E-state index contributed by atoms with van der Waals surface area (Å²) >= 11 is 3.24. The van der Waals surface area contributed by atoms with Crippen LogP contribution in [0.25, 0.3) is 5.69 Å². The first-order valence-corrected chi connectivity index (χ1v) is 8.02. The van der Waals surface area contributed by atoms with E-state index in [9.17, 15) is 9.18 Å². The Balaban J connectivity index is 1.97. The van der Waals surface area contributed by atoms with Gasteiger partial charge in [0.15, 0.2) is 5.82 Å². The number of carbonyl (C=O) groups is 1. The maximum absolute atomic E-state index is 13.9. The van der Waals surface area contributed by atoms with Gasteiger partial charge in [-0.3, -0.25) is 4.79 Å². The van der Waals surface area contributed by atoms with Crippen LogP contribution in [0.1, 0.15) is 23.1 Å². The summed E-state index contributed by atoms with van der Waals surface area (Å²) in [6.45, 7) is 1.93. The molecule has 6 nitrogen and oxygen atoms in total. The van der Waals surface area contributed by atoms with Crippen molar-refractivity contribution in [3.63, 3.8) is 0 Å². The number of aryl methyl sites for hydroxylation is 1. The number of amides is 1. The molecule has 2 aromatic carbocycles. The lowest BCUT2D eigenvalue weighted by atomic mass is 10.2. The van der Waals surface area contributed by atoms with Gasteiger partial charge < -0.3 is 5.32 Å². The van der Waals surface area contributed by atoms with Crippen molar-refractivity contribution in [2.24, 2.45) is 0 Å².